The zero-order valence-electron chi connectivity index (χ0n) is 13.5. The fourth-order valence-electron chi connectivity index (χ4n) is 2.61. The van der Waals surface area contributed by atoms with Gasteiger partial charge in [-0.3, -0.25) is 4.79 Å². The van der Waals surface area contributed by atoms with Gasteiger partial charge in [0.25, 0.3) is 0 Å². The van der Waals surface area contributed by atoms with Crippen LogP contribution in [0.3, 0.4) is 0 Å². The van der Waals surface area contributed by atoms with Gasteiger partial charge in [0.1, 0.15) is 0 Å². The van der Waals surface area contributed by atoms with Crippen LogP contribution in [-0.2, 0) is 4.79 Å². The number of nitrogens with one attached hydrogen (secondary N) is 2. The average Bonchev–Trinajstić information content (AvgIpc) is 2.50. The van der Waals surface area contributed by atoms with Gasteiger partial charge in [0, 0.05) is 5.69 Å². The van der Waals surface area contributed by atoms with Crippen LogP contribution in [0.5, 0.6) is 0 Å². The summed E-state index contributed by atoms with van der Waals surface area (Å²) in [4.78, 5) is 12.2. The topological polar surface area (TPSA) is 41.1 Å². The van der Waals surface area contributed by atoms with E-state index in [1.807, 2.05) is 30.3 Å². The van der Waals surface area contributed by atoms with Gasteiger partial charge in [0.05, 0.1) is 12.6 Å². The lowest BCUT2D eigenvalue weighted by Gasteiger charge is -2.18. The molecule has 0 saturated heterocycles. The highest BCUT2D eigenvalue weighted by molar-refractivity contribution is 5.81. The predicted octanol–water partition coefficient (Wildman–Crippen LogP) is 3.98. The Kier molecular flexibility index (Phi) is 5.59. The first kappa shape index (κ1) is 16.1. The van der Waals surface area contributed by atoms with E-state index in [0.29, 0.717) is 0 Å². The number of hydrogen-bond acceptors (Lipinski definition) is 2. The number of carbonyl (C=O) groups is 1. The molecule has 0 fully saturated rings. The number of amides is 1. The van der Waals surface area contributed by atoms with Crippen molar-refractivity contribution < 1.29 is 4.79 Å². The van der Waals surface area contributed by atoms with Gasteiger partial charge in [-0.05, 0) is 49.1 Å². The number of carbonyl (C=O) groups excluding carboxylic acids is 1. The van der Waals surface area contributed by atoms with Crippen LogP contribution >= 0.6 is 0 Å². The molecule has 22 heavy (non-hydrogen) atoms. The third kappa shape index (κ3) is 4.62. The van der Waals surface area contributed by atoms with E-state index >= 15 is 0 Å². The highest BCUT2D eigenvalue weighted by Gasteiger charge is 2.12. The molecule has 3 heteroatoms. The maximum Gasteiger partial charge on any atom is 0.239 e. The number of aryl methyl sites for hydroxylation is 2. The van der Waals surface area contributed by atoms with Gasteiger partial charge in [0.15, 0.2) is 0 Å². The highest BCUT2D eigenvalue weighted by Crippen LogP contribution is 2.16. The van der Waals surface area contributed by atoms with Gasteiger partial charge in [-0.25, -0.2) is 0 Å². The standard InChI is InChI=1S/C19H24N2O/c1-4-18(16-8-6-5-7-9-16)21-19(22)13-20-17-11-14(2)10-15(3)12-17/h5-12,18,20H,4,13H2,1-3H3,(H,21,22). The molecule has 0 aliphatic carbocycles. The maximum atomic E-state index is 12.2. The van der Waals surface area contributed by atoms with Crippen molar-refractivity contribution in [3.05, 3.63) is 65.2 Å². The normalized spacial score (nSPS) is 11.8. The monoisotopic (exact) mass is 296 g/mol. The molecule has 2 aromatic carbocycles. The Labute approximate surface area is 132 Å². The molecule has 1 atom stereocenters. The summed E-state index contributed by atoms with van der Waals surface area (Å²) in [5.74, 6) is 0.00913. The lowest BCUT2D eigenvalue weighted by Crippen LogP contribution is -2.33. The Hall–Kier alpha value is -2.29. The van der Waals surface area contributed by atoms with Gasteiger partial charge < -0.3 is 10.6 Å². The largest absolute Gasteiger partial charge is 0.376 e. The van der Waals surface area contributed by atoms with Crippen molar-refractivity contribution >= 4 is 11.6 Å². The molecule has 0 aromatic heterocycles. The lowest BCUT2D eigenvalue weighted by atomic mass is 10.0. The Morgan fingerprint density at radius 1 is 1.05 bits per heavy atom. The fraction of sp³-hybridized carbons (Fsp3) is 0.316. The average molecular weight is 296 g/mol. The second-order valence-electron chi connectivity index (χ2n) is 5.67. The summed E-state index contributed by atoms with van der Waals surface area (Å²) < 4.78 is 0. The van der Waals surface area contributed by atoms with E-state index in [2.05, 4.69) is 49.6 Å². The fourth-order valence-corrected chi connectivity index (χ4v) is 2.61. The van der Waals surface area contributed by atoms with Crippen molar-refractivity contribution in [3.8, 4) is 0 Å². The van der Waals surface area contributed by atoms with Crippen LogP contribution in [0, 0.1) is 13.8 Å². The summed E-state index contributed by atoms with van der Waals surface area (Å²) in [5.41, 5.74) is 4.52. The van der Waals surface area contributed by atoms with Gasteiger partial charge in [-0.1, -0.05) is 43.3 Å². The molecule has 0 spiro atoms. The summed E-state index contributed by atoms with van der Waals surface area (Å²) in [6, 6.07) is 16.4. The van der Waals surface area contributed by atoms with Crippen LogP contribution in [-0.4, -0.2) is 12.5 Å². The summed E-state index contributed by atoms with van der Waals surface area (Å²) in [6.07, 6.45) is 0.874. The Morgan fingerprint density at radius 2 is 1.68 bits per heavy atom. The third-order valence-corrected chi connectivity index (χ3v) is 3.62. The summed E-state index contributed by atoms with van der Waals surface area (Å²) in [7, 11) is 0. The van der Waals surface area contributed by atoms with E-state index in [0.717, 1.165) is 17.7 Å². The molecule has 0 aliphatic heterocycles. The van der Waals surface area contributed by atoms with Crippen molar-refractivity contribution in [2.24, 2.45) is 0 Å². The van der Waals surface area contributed by atoms with Crippen LogP contribution in [0.25, 0.3) is 0 Å². The molecule has 3 nitrogen and oxygen atoms in total. The second-order valence-corrected chi connectivity index (χ2v) is 5.67. The van der Waals surface area contributed by atoms with E-state index in [1.54, 1.807) is 0 Å². The van der Waals surface area contributed by atoms with E-state index in [4.69, 9.17) is 0 Å². The smallest absolute Gasteiger partial charge is 0.239 e. The predicted molar refractivity (Wildman–Crippen MR) is 92.0 cm³/mol. The van der Waals surface area contributed by atoms with Gasteiger partial charge in [-0.15, -0.1) is 0 Å². The quantitative estimate of drug-likeness (QED) is 0.846. The lowest BCUT2D eigenvalue weighted by molar-refractivity contribution is -0.120. The molecule has 2 aromatic rings. The molecule has 0 saturated carbocycles. The number of rotatable bonds is 6. The molecule has 0 bridgehead atoms. The van der Waals surface area contributed by atoms with Gasteiger partial charge in [0.2, 0.25) is 5.91 Å². The van der Waals surface area contributed by atoms with Crippen molar-refractivity contribution in [2.75, 3.05) is 11.9 Å². The van der Waals surface area contributed by atoms with Crippen molar-refractivity contribution in [2.45, 2.75) is 33.2 Å². The van der Waals surface area contributed by atoms with E-state index in [-0.39, 0.29) is 18.5 Å². The Bertz CT molecular complexity index is 602. The van der Waals surface area contributed by atoms with E-state index in [9.17, 15) is 4.79 Å². The van der Waals surface area contributed by atoms with E-state index < -0.39 is 0 Å². The van der Waals surface area contributed by atoms with Crippen molar-refractivity contribution in [1.82, 2.24) is 5.32 Å². The first-order valence-electron chi connectivity index (χ1n) is 7.75. The van der Waals surface area contributed by atoms with Gasteiger partial charge in [-0.2, -0.15) is 0 Å². The molecule has 2 rings (SSSR count). The Balaban J connectivity index is 1.92. The summed E-state index contributed by atoms with van der Waals surface area (Å²) >= 11 is 0. The number of hydrogen-bond donors (Lipinski definition) is 2. The molecular weight excluding hydrogens is 272 g/mol. The molecule has 1 unspecified atom stereocenters. The SMILES string of the molecule is CCC(NC(=O)CNc1cc(C)cc(C)c1)c1ccccc1. The second kappa shape index (κ2) is 7.64. The summed E-state index contributed by atoms with van der Waals surface area (Å²) in [6.45, 7) is 6.48. The van der Waals surface area contributed by atoms with E-state index in [1.165, 1.54) is 11.1 Å². The van der Waals surface area contributed by atoms with Crippen LogP contribution < -0.4 is 10.6 Å². The van der Waals surface area contributed by atoms with Crippen LogP contribution in [0.1, 0.15) is 36.1 Å². The minimum Gasteiger partial charge on any atom is -0.376 e. The molecule has 2 N–H and O–H groups in total. The Morgan fingerprint density at radius 3 is 2.27 bits per heavy atom. The number of anilines is 1. The molecule has 116 valence electrons. The molecular formula is C19H24N2O. The number of benzene rings is 2. The first-order chi connectivity index (χ1) is 10.6. The van der Waals surface area contributed by atoms with Crippen molar-refractivity contribution in [3.63, 3.8) is 0 Å². The molecule has 0 heterocycles. The minimum absolute atomic E-state index is 0.00913. The first-order valence-corrected chi connectivity index (χ1v) is 7.75. The van der Waals surface area contributed by atoms with Crippen molar-refractivity contribution in [1.29, 1.82) is 0 Å². The minimum atomic E-state index is 0.00913. The van der Waals surface area contributed by atoms with Crippen LogP contribution in [0.4, 0.5) is 5.69 Å². The third-order valence-electron chi connectivity index (χ3n) is 3.62. The molecule has 1 amide bonds. The maximum absolute atomic E-state index is 12.2. The van der Waals surface area contributed by atoms with Gasteiger partial charge >= 0.3 is 0 Å². The summed E-state index contributed by atoms with van der Waals surface area (Å²) in [5, 5.41) is 6.28. The highest BCUT2D eigenvalue weighted by atomic mass is 16.1. The zero-order valence-corrected chi connectivity index (χ0v) is 13.5. The van der Waals surface area contributed by atoms with Crippen LogP contribution in [0.15, 0.2) is 48.5 Å². The molecule has 0 radical (unpaired) electrons. The van der Waals surface area contributed by atoms with Crippen LogP contribution in [0.2, 0.25) is 0 Å². The molecule has 0 aliphatic rings. The zero-order chi connectivity index (χ0) is 15.9.